The minimum Gasteiger partial charge on any atom is -0.376 e. The van der Waals surface area contributed by atoms with Crippen LogP contribution in [0.15, 0.2) is 23.2 Å². The summed E-state index contributed by atoms with van der Waals surface area (Å²) in [6.45, 7) is 3.85. The second kappa shape index (κ2) is 7.00. The number of nitrogens with one attached hydrogen (secondary N) is 1. The first-order valence-corrected chi connectivity index (χ1v) is 7.86. The van der Waals surface area contributed by atoms with E-state index in [2.05, 4.69) is 28.5 Å². The van der Waals surface area contributed by atoms with E-state index in [-0.39, 0.29) is 0 Å². The van der Waals surface area contributed by atoms with Crippen LogP contribution in [0.2, 0.25) is 0 Å². The average molecular weight is 272 g/mol. The summed E-state index contributed by atoms with van der Waals surface area (Å²) in [7, 11) is 0. The van der Waals surface area contributed by atoms with Crippen LogP contribution in [0.25, 0.3) is 0 Å². The van der Waals surface area contributed by atoms with Crippen LogP contribution >= 0.6 is 0 Å². The molecule has 1 saturated heterocycles. The van der Waals surface area contributed by atoms with Crippen LogP contribution in [0.1, 0.15) is 36.0 Å². The van der Waals surface area contributed by atoms with Crippen molar-refractivity contribution >= 4 is 6.21 Å². The Balaban J connectivity index is 1.48. The Morgan fingerprint density at radius 2 is 2.30 bits per heavy atom. The molecule has 0 aromatic heterocycles. The first-order chi connectivity index (χ1) is 9.93. The molecule has 3 heteroatoms. The molecule has 1 atom stereocenters. The molecule has 2 heterocycles. The molecule has 3 nitrogen and oxygen atoms in total. The molecule has 20 heavy (non-hydrogen) atoms. The van der Waals surface area contributed by atoms with Crippen LogP contribution < -0.4 is 5.32 Å². The van der Waals surface area contributed by atoms with Gasteiger partial charge in [0.05, 0.1) is 12.7 Å². The number of fused-ring (bicyclic) bond motifs is 1. The number of morpholine rings is 1. The Kier molecular flexibility index (Phi) is 4.82. The summed E-state index contributed by atoms with van der Waals surface area (Å²) in [4.78, 5) is 4.37. The maximum absolute atomic E-state index is 5.74. The highest BCUT2D eigenvalue weighted by Gasteiger charge is 2.13. The topological polar surface area (TPSA) is 33.6 Å². The highest BCUT2D eigenvalue weighted by Crippen LogP contribution is 2.20. The predicted octanol–water partition coefficient (Wildman–Crippen LogP) is 2.36. The third-order valence-corrected chi connectivity index (χ3v) is 4.26. The van der Waals surface area contributed by atoms with E-state index in [9.17, 15) is 0 Å². The summed E-state index contributed by atoms with van der Waals surface area (Å²) in [6, 6.07) is 6.64. The van der Waals surface area contributed by atoms with Crippen molar-refractivity contribution in [2.75, 3.05) is 26.2 Å². The third kappa shape index (κ3) is 3.47. The molecule has 0 bridgehead atoms. The van der Waals surface area contributed by atoms with Gasteiger partial charge < -0.3 is 10.1 Å². The molecule has 1 aromatic carbocycles. The van der Waals surface area contributed by atoms with Crippen LogP contribution in [-0.4, -0.2) is 38.6 Å². The van der Waals surface area contributed by atoms with Gasteiger partial charge in [-0.05, 0) is 42.4 Å². The fourth-order valence-electron chi connectivity index (χ4n) is 3.15. The van der Waals surface area contributed by atoms with Crippen LogP contribution in [0, 0.1) is 0 Å². The third-order valence-electron chi connectivity index (χ3n) is 4.26. The smallest absolute Gasteiger partial charge is 0.0700 e. The highest BCUT2D eigenvalue weighted by molar-refractivity contribution is 5.83. The Morgan fingerprint density at radius 1 is 1.30 bits per heavy atom. The van der Waals surface area contributed by atoms with E-state index < -0.39 is 0 Å². The lowest BCUT2D eigenvalue weighted by molar-refractivity contribution is 0.0221. The molecular formula is C17H24N2O. The maximum Gasteiger partial charge on any atom is 0.0700 e. The number of ether oxygens (including phenoxy) is 1. The first-order valence-electron chi connectivity index (χ1n) is 7.86. The molecule has 0 aliphatic carbocycles. The van der Waals surface area contributed by atoms with Crippen molar-refractivity contribution in [2.45, 2.75) is 38.2 Å². The van der Waals surface area contributed by atoms with Gasteiger partial charge in [0.15, 0.2) is 0 Å². The summed E-state index contributed by atoms with van der Waals surface area (Å²) in [5.41, 5.74) is 4.38. The molecule has 0 amide bonds. The first kappa shape index (κ1) is 13.8. The van der Waals surface area contributed by atoms with E-state index in [0.29, 0.717) is 6.10 Å². The summed E-state index contributed by atoms with van der Waals surface area (Å²) >= 11 is 0. The van der Waals surface area contributed by atoms with Gasteiger partial charge in [-0.3, -0.25) is 4.99 Å². The fraction of sp³-hybridized carbons (Fsp3) is 0.588. The van der Waals surface area contributed by atoms with Gasteiger partial charge >= 0.3 is 0 Å². The van der Waals surface area contributed by atoms with Crippen molar-refractivity contribution < 1.29 is 4.74 Å². The fourth-order valence-corrected chi connectivity index (χ4v) is 3.15. The zero-order chi connectivity index (χ0) is 13.6. The van der Waals surface area contributed by atoms with Crippen LogP contribution in [-0.2, 0) is 17.6 Å². The molecule has 3 rings (SSSR count). The number of aryl methyl sites for hydroxylation is 1. The van der Waals surface area contributed by atoms with Crippen LogP contribution in [0.4, 0.5) is 0 Å². The van der Waals surface area contributed by atoms with Gasteiger partial charge in [-0.1, -0.05) is 24.6 Å². The number of nitrogens with zero attached hydrogens (tertiary/aromatic N) is 1. The number of unbranched alkanes of at least 4 members (excludes halogenated alkanes) is 1. The van der Waals surface area contributed by atoms with Gasteiger partial charge in [0.2, 0.25) is 0 Å². The maximum atomic E-state index is 5.74. The van der Waals surface area contributed by atoms with Crippen molar-refractivity contribution in [3.05, 3.63) is 34.9 Å². The molecule has 1 unspecified atom stereocenters. The Morgan fingerprint density at radius 3 is 3.20 bits per heavy atom. The SMILES string of the molecule is C1=NCCc2c1cccc2CCCCC1CNCCO1. The van der Waals surface area contributed by atoms with Gasteiger partial charge in [-0.15, -0.1) is 0 Å². The lowest BCUT2D eigenvalue weighted by atomic mass is 9.93. The van der Waals surface area contributed by atoms with E-state index >= 15 is 0 Å². The molecule has 108 valence electrons. The van der Waals surface area contributed by atoms with Crippen molar-refractivity contribution in [3.8, 4) is 0 Å². The lowest BCUT2D eigenvalue weighted by Crippen LogP contribution is -2.38. The molecule has 2 aliphatic rings. The monoisotopic (exact) mass is 272 g/mol. The molecule has 0 saturated carbocycles. The van der Waals surface area contributed by atoms with Crippen LogP contribution in [0.3, 0.4) is 0 Å². The normalized spacial score (nSPS) is 21.7. The van der Waals surface area contributed by atoms with E-state index in [4.69, 9.17) is 4.74 Å². The zero-order valence-electron chi connectivity index (χ0n) is 12.1. The lowest BCUT2D eigenvalue weighted by Gasteiger charge is -2.23. The molecular weight excluding hydrogens is 248 g/mol. The summed E-state index contributed by atoms with van der Waals surface area (Å²) in [5.74, 6) is 0. The molecule has 1 N–H and O–H groups in total. The van der Waals surface area contributed by atoms with E-state index in [1.165, 1.54) is 42.4 Å². The quantitative estimate of drug-likeness (QED) is 0.835. The number of rotatable bonds is 5. The summed E-state index contributed by atoms with van der Waals surface area (Å²) < 4.78 is 5.74. The molecule has 1 aromatic rings. The molecule has 1 fully saturated rings. The largest absolute Gasteiger partial charge is 0.376 e. The number of aliphatic imine (C=N–C) groups is 1. The Bertz CT molecular complexity index is 464. The Labute approximate surface area is 121 Å². The minimum atomic E-state index is 0.431. The second-order valence-electron chi connectivity index (χ2n) is 5.71. The standard InChI is InChI=1S/C17H24N2O/c1(2-7-16-13-19-10-11-20-16)4-14-5-3-6-15-12-18-9-8-17(14)15/h3,5-6,12,16,19H,1-2,4,7-11,13H2. The van der Waals surface area contributed by atoms with Crippen molar-refractivity contribution in [2.24, 2.45) is 4.99 Å². The van der Waals surface area contributed by atoms with E-state index in [0.717, 1.165) is 32.7 Å². The summed E-state index contributed by atoms with van der Waals surface area (Å²) in [6.07, 6.45) is 8.46. The minimum absolute atomic E-state index is 0.431. The predicted molar refractivity (Wildman–Crippen MR) is 82.8 cm³/mol. The second-order valence-corrected chi connectivity index (χ2v) is 5.71. The van der Waals surface area contributed by atoms with E-state index in [1.807, 2.05) is 6.21 Å². The molecule has 2 aliphatic heterocycles. The van der Waals surface area contributed by atoms with Gasteiger partial charge in [0.1, 0.15) is 0 Å². The average Bonchev–Trinajstić information content (AvgIpc) is 2.53. The highest BCUT2D eigenvalue weighted by atomic mass is 16.5. The number of benzene rings is 1. The van der Waals surface area contributed by atoms with Gasteiger partial charge in [-0.2, -0.15) is 0 Å². The number of hydrogen-bond acceptors (Lipinski definition) is 3. The van der Waals surface area contributed by atoms with Crippen molar-refractivity contribution in [1.29, 1.82) is 0 Å². The Hall–Kier alpha value is -1.19. The van der Waals surface area contributed by atoms with Gasteiger partial charge in [0, 0.05) is 25.8 Å². The van der Waals surface area contributed by atoms with Crippen molar-refractivity contribution in [1.82, 2.24) is 5.32 Å². The molecule has 0 spiro atoms. The van der Waals surface area contributed by atoms with E-state index in [1.54, 1.807) is 0 Å². The van der Waals surface area contributed by atoms with Gasteiger partial charge in [0.25, 0.3) is 0 Å². The van der Waals surface area contributed by atoms with Gasteiger partial charge in [-0.25, -0.2) is 0 Å². The van der Waals surface area contributed by atoms with Crippen LogP contribution in [0.5, 0.6) is 0 Å². The number of hydrogen-bond donors (Lipinski definition) is 1. The summed E-state index contributed by atoms with van der Waals surface area (Å²) in [5, 5.41) is 3.39. The zero-order valence-corrected chi connectivity index (χ0v) is 12.1. The van der Waals surface area contributed by atoms with Crippen molar-refractivity contribution in [3.63, 3.8) is 0 Å². The molecule has 0 radical (unpaired) electrons.